The summed E-state index contributed by atoms with van der Waals surface area (Å²) < 4.78 is 10.8. The summed E-state index contributed by atoms with van der Waals surface area (Å²) in [5.41, 5.74) is 0.599. The first kappa shape index (κ1) is 15.4. The van der Waals surface area contributed by atoms with E-state index in [0.29, 0.717) is 17.2 Å². The Labute approximate surface area is 134 Å². The Morgan fingerprint density at radius 2 is 2.14 bits per heavy atom. The smallest absolute Gasteiger partial charge is 0.329 e. The zero-order valence-corrected chi connectivity index (χ0v) is 13.1. The van der Waals surface area contributed by atoms with Gasteiger partial charge in [0.05, 0.1) is 12.0 Å². The van der Waals surface area contributed by atoms with Crippen molar-refractivity contribution in [3.63, 3.8) is 0 Å². The van der Waals surface area contributed by atoms with Gasteiger partial charge in [-0.2, -0.15) is 0 Å². The van der Waals surface area contributed by atoms with Crippen LogP contribution in [0.15, 0.2) is 30.3 Å². The number of carbonyl (C=O) groups is 2. The average Bonchev–Trinajstić information content (AvgIpc) is 3.24. The molecule has 1 aromatic rings. The van der Waals surface area contributed by atoms with E-state index in [1.165, 1.54) is 0 Å². The molecule has 2 atom stereocenters. The van der Waals surface area contributed by atoms with Gasteiger partial charge < -0.3 is 14.4 Å². The fourth-order valence-electron chi connectivity index (χ4n) is 2.63. The number of ether oxygens (including phenoxy) is 2. The summed E-state index contributed by atoms with van der Waals surface area (Å²) in [6, 6.07) is 8.53. The third-order valence-electron chi connectivity index (χ3n) is 3.87. The Kier molecular flexibility index (Phi) is 5.00. The number of hydrogen-bond donors (Lipinski definition) is 0. The SMILES string of the molecule is O=C(OC[C@H]1CCCO1)[C@H]1CSCN1C(=O)c1ccccc1. The van der Waals surface area contributed by atoms with Crippen LogP contribution in [0.3, 0.4) is 0 Å². The highest BCUT2D eigenvalue weighted by molar-refractivity contribution is 7.99. The van der Waals surface area contributed by atoms with Gasteiger partial charge in [0.1, 0.15) is 12.6 Å². The molecular weight excluding hydrogens is 302 g/mol. The van der Waals surface area contributed by atoms with Crippen molar-refractivity contribution in [2.45, 2.75) is 25.0 Å². The minimum absolute atomic E-state index is 0.0104. The van der Waals surface area contributed by atoms with E-state index in [2.05, 4.69) is 0 Å². The van der Waals surface area contributed by atoms with Gasteiger partial charge in [0.15, 0.2) is 0 Å². The lowest BCUT2D eigenvalue weighted by atomic mass is 10.2. The predicted molar refractivity (Wildman–Crippen MR) is 83.7 cm³/mol. The second-order valence-electron chi connectivity index (χ2n) is 5.42. The first-order valence-electron chi connectivity index (χ1n) is 7.47. The number of thioether (sulfide) groups is 1. The highest BCUT2D eigenvalue weighted by Gasteiger charge is 2.36. The summed E-state index contributed by atoms with van der Waals surface area (Å²) in [6.45, 7) is 1.02. The third kappa shape index (κ3) is 3.44. The predicted octanol–water partition coefficient (Wildman–Crippen LogP) is 1.92. The normalized spacial score (nSPS) is 24.5. The minimum Gasteiger partial charge on any atom is -0.461 e. The molecule has 1 aromatic carbocycles. The van der Waals surface area contributed by atoms with Gasteiger partial charge in [0.2, 0.25) is 0 Å². The second kappa shape index (κ2) is 7.15. The largest absolute Gasteiger partial charge is 0.461 e. The summed E-state index contributed by atoms with van der Waals surface area (Å²) in [4.78, 5) is 26.4. The summed E-state index contributed by atoms with van der Waals surface area (Å²) in [5, 5.41) is 0. The summed E-state index contributed by atoms with van der Waals surface area (Å²) in [6.07, 6.45) is 1.95. The topological polar surface area (TPSA) is 55.8 Å². The molecule has 0 aromatic heterocycles. The molecule has 6 heteroatoms. The van der Waals surface area contributed by atoms with E-state index in [1.807, 2.05) is 18.2 Å². The number of rotatable bonds is 4. The highest BCUT2D eigenvalue weighted by Crippen LogP contribution is 2.24. The van der Waals surface area contributed by atoms with E-state index in [0.717, 1.165) is 19.4 Å². The quantitative estimate of drug-likeness (QED) is 0.793. The van der Waals surface area contributed by atoms with Crippen LogP contribution in [0.1, 0.15) is 23.2 Å². The molecule has 0 radical (unpaired) electrons. The van der Waals surface area contributed by atoms with Gasteiger partial charge in [-0.25, -0.2) is 4.79 Å². The number of carbonyl (C=O) groups excluding carboxylic acids is 2. The van der Waals surface area contributed by atoms with Crippen molar-refractivity contribution in [1.82, 2.24) is 4.90 Å². The van der Waals surface area contributed by atoms with Crippen LogP contribution >= 0.6 is 11.8 Å². The molecule has 0 N–H and O–H groups in total. The number of esters is 1. The number of nitrogens with zero attached hydrogens (tertiary/aromatic N) is 1. The highest BCUT2D eigenvalue weighted by atomic mass is 32.2. The first-order chi connectivity index (χ1) is 10.8. The first-order valence-corrected chi connectivity index (χ1v) is 8.63. The van der Waals surface area contributed by atoms with Crippen LogP contribution in [0.4, 0.5) is 0 Å². The van der Waals surface area contributed by atoms with Crippen molar-refractivity contribution in [2.75, 3.05) is 24.8 Å². The zero-order chi connectivity index (χ0) is 15.4. The number of benzene rings is 1. The molecule has 2 fully saturated rings. The molecule has 2 aliphatic heterocycles. The van der Waals surface area contributed by atoms with Crippen LogP contribution in [-0.4, -0.2) is 53.8 Å². The van der Waals surface area contributed by atoms with Crippen LogP contribution in [0.5, 0.6) is 0 Å². The molecule has 3 rings (SSSR count). The summed E-state index contributed by atoms with van der Waals surface area (Å²) in [5.74, 6) is 0.658. The maximum absolute atomic E-state index is 12.5. The lowest BCUT2D eigenvalue weighted by molar-refractivity contribution is -0.150. The molecular formula is C16H19NO4S. The molecule has 0 saturated carbocycles. The molecule has 0 aliphatic carbocycles. The Morgan fingerprint density at radius 3 is 2.86 bits per heavy atom. The van der Waals surface area contributed by atoms with Crippen molar-refractivity contribution in [1.29, 1.82) is 0 Å². The van der Waals surface area contributed by atoms with Gasteiger partial charge >= 0.3 is 5.97 Å². The van der Waals surface area contributed by atoms with Crippen molar-refractivity contribution in [3.8, 4) is 0 Å². The van der Waals surface area contributed by atoms with Crippen molar-refractivity contribution in [3.05, 3.63) is 35.9 Å². The van der Waals surface area contributed by atoms with Gasteiger partial charge in [0, 0.05) is 17.9 Å². The van der Waals surface area contributed by atoms with Crippen molar-refractivity contribution < 1.29 is 19.1 Å². The van der Waals surface area contributed by atoms with Crippen LogP contribution in [0.25, 0.3) is 0 Å². The number of amides is 1. The fourth-order valence-corrected chi connectivity index (χ4v) is 3.77. The molecule has 118 valence electrons. The van der Waals surface area contributed by atoms with Crippen LogP contribution in [0.2, 0.25) is 0 Å². The summed E-state index contributed by atoms with van der Waals surface area (Å²) in [7, 11) is 0. The molecule has 2 aliphatic rings. The van der Waals surface area contributed by atoms with E-state index in [-0.39, 0.29) is 24.6 Å². The van der Waals surface area contributed by atoms with Crippen molar-refractivity contribution in [2.24, 2.45) is 0 Å². The molecule has 5 nitrogen and oxygen atoms in total. The Balaban J connectivity index is 1.60. The lowest BCUT2D eigenvalue weighted by Crippen LogP contribution is -2.43. The fraction of sp³-hybridized carbons (Fsp3) is 0.500. The minimum atomic E-state index is -0.501. The molecule has 2 heterocycles. The van der Waals surface area contributed by atoms with Crippen LogP contribution in [-0.2, 0) is 14.3 Å². The maximum Gasteiger partial charge on any atom is 0.329 e. The van der Waals surface area contributed by atoms with Gasteiger partial charge in [-0.3, -0.25) is 4.79 Å². The molecule has 2 saturated heterocycles. The number of hydrogen-bond acceptors (Lipinski definition) is 5. The molecule has 22 heavy (non-hydrogen) atoms. The average molecular weight is 321 g/mol. The Bertz CT molecular complexity index is 530. The monoisotopic (exact) mass is 321 g/mol. The Morgan fingerprint density at radius 1 is 1.32 bits per heavy atom. The van der Waals surface area contributed by atoms with E-state index >= 15 is 0 Å². The standard InChI is InChI=1S/C16H19NO4S/c18-15(12-5-2-1-3-6-12)17-11-22-10-14(17)16(19)21-9-13-7-4-8-20-13/h1-3,5-6,13-14H,4,7-11H2/t13-,14-/m1/s1. The zero-order valence-electron chi connectivity index (χ0n) is 12.3. The van der Waals surface area contributed by atoms with Crippen LogP contribution in [0, 0.1) is 0 Å². The van der Waals surface area contributed by atoms with Crippen molar-refractivity contribution >= 4 is 23.6 Å². The van der Waals surface area contributed by atoms with Gasteiger partial charge in [-0.15, -0.1) is 11.8 Å². The molecule has 0 spiro atoms. The lowest BCUT2D eigenvalue weighted by Gasteiger charge is -2.23. The van der Waals surface area contributed by atoms with E-state index in [4.69, 9.17) is 9.47 Å². The van der Waals surface area contributed by atoms with Gasteiger partial charge in [0.25, 0.3) is 5.91 Å². The van der Waals surface area contributed by atoms with E-state index in [1.54, 1.807) is 28.8 Å². The van der Waals surface area contributed by atoms with Gasteiger partial charge in [-0.1, -0.05) is 18.2 Å². The molecule has 1 amide bonds. The Hall–Kier alpha value is -1.53. The second-order valence-corrected chi connectivity index (χ2v) is 6.42. The maximum atomic E-state index is 12.5. The summed E-state index contributed by atoms with van der Waals surface area (Å²) >= 11 is 1.57. The van der Waals surface area contributed by atoms with Crippen LogP contribution < -0.4 is 0 Å². The van der Waals surface area contributed by atoms with Gasteiger partial charge in [-0.05, 0) is 25.0 Å². The van der Waals surface area contributed by atoms with E-state index < -0.39 is 6.04 Å². The third-order valence-corrected chi connectivity index (χ3v) is 4.88. The molecule has 0 unspecified atom stereocenters. The molecule has 0 bridgehead atoms. The van der Waals surface area contributed by atoms with E-state index in [9.17, 15) is 9.59 Å².